The number of hydrogen-bond donors (Lipinski definition) is 3. The van der Waals surface area contributed by atoms with Gasteiger partial charge in [-0.1, -0.05) is 0 Å². The molecule has 140 valence electrons. The SMILES string of the molecule is COc1cc(OCS(=O)(=O)C(N)=O)c2c3c([nH]c2c1)CCCC3C(N)=O. The van der Waals surface area contributed by atoms with Crippen molar-refractivity contribution in [3.05, 3.63) is 23.4 Å². The number of carbonyl (C=O) groups excluding carboxylic acids is 2. The highest BCUT2D eigenvalue weighted by atomic mass is 32.2. The Kier molecular flexibility index (Phi) is 4.53. The van der Waals surface area contributed by atoms with Gasteiger partial charge in [-0.2, -0.15) is 0 Å². The third kappa shape index (κ3) is 3.07. The number of nitrogens with one attached hydrogen (secondary N) is 1. The molecule has 5 N–H and O–H groups in total. The van der Waals surface area contributed by atoms with Crippen molar-refractivity contribution in [2.75, 3.05) is 13.0 Å². The molecule has 0 saturated heterocycles. The van der Waals surface area contributed by atoms with E-state index in [0.29, 0.717) is 28.6 Å². The molecule has 2 amide bonds. The second-order valence-electron chi connectivity index (χ2n) is 6.11. The molecular formula is C16H19N3O6S. The summed E-state index contributed by atoms with van der Waals surface area (Å²) in [6.07, 6.45) is 2.13. The van der Waals surface area contributed by atoms with E-state index in [4.69, 9.17) is 20.9 Å². The highest BCUT2D eigenvalue weighted by Crippen LogP contribution is 2.42. The van der Waals surface area contributed by atoms with Crippen LogP contribution in [0.3, 0.4) is 0 Å². The molecule has 1 heterocycles. The van der Waals surface area contributed by atoms with Gasteiger partial charge in [0.15, 0.2) is 5.94 Å². The number of rotatable bonds is 5. The zero-order valence-corrected chi connectivity index (χ0v) is 14.9. The fourth-order valence-electron chi connectivity index (χ4n) is 3.27. The van der Waals surface area contributed by atoms with E-state index in [9.17, 15) is 18.0 Å². The summed E-state index contributed by atoms with van der Waals surface area (Å²) in [5, 5.41) is -0.910. The van der Waals surface area contributed by atoms with E-state index in [-0.39, 0.29) is 5.75 Å². The van der Waals surface area contributed by atoms with Crippen LogP contribution in [0.2, 0.25) is 0 Å². The average molecular weight is 381 g/mol. The van der Waals surface area contributed by atoms with Crippen molar-refractivity contribution in [1.82, 2.24) is 4.98 Å². The van der Waals surface area contributed by atoms with Crippen molar-refractivity contribution in [2.45, 2.75) is 25.2 Å². The third-order valence-electron chi connectivity index (χ3n) is 4.48. The van der Waals surface area contributed by atoms with Crippen LogP contribution in [0.1, 0.15) is 30.0 Å². The molecule has 1 atom stereocenters. The Morgan fingerprint density at radius 2 is 2.04 bits per heavy atom. The largest absolute Gasteiger partial charge is 0.497 e. The fourth-order valence-corrected chi connectivity index (χ4v) is 3.67. The van der Waals surface area contributed by atoms with Gasteiger partial charge >= 0.3 is 5.24 Å². The molecule has 1 unspecified atom stereocenters. The van der Waals surface area contributed by atoms with Gasteiger partial charge in [-0.3, -0.25) is 9.59 Å². The zero-order valence-electron chi connectivity index (χ0n) is 14.1. The summed E-state index contributed by atoms with van der Waals surface area (Å²) in [5.41, 5.74) is 12.6. The van der Waals surface area contributed by atoms with Crippen molar-refractivity contribution in [3.63, 3.8) is 0 Å². The number of aryl methyl sites for hydroxylation is 1. The lowest BCUT2D eigenvalue weighted by atomic mass is 9.84. The zero-order chi connectivity index (χ0) is 19.1. The summed E-state index contributed by atoms with van der Waals surface area (Å²) in [6.45, 7) is 0. The lowest BCUT2D eigenvalue weighted by Gasteiger charge is -2.21. The molecule has 3 rings (SSSR count). The number of benzene rings is 1. The van der Waals surface area contributed by atoms with Crippen LogP contribution in [0, 0.1) is 0 Å². The van der Waals surface area contributed by atoms with E-state index >= 15 is 0 Å². The first kappa shape index (κ1) is 18.1. The predicted molar refractivity (Wildman–Crippen MR) is 93.7 cm³/mol. The molecular weight excluding hydrogens is 362 g/mol. The lowest BCUT2D eigenvalue weighted by molar-refractivity contribution is -0.119. The Morgan fingerprint density at radius 1 is 1.31 bits per heavy atom. The highest BCUT2D eigenvalue weighted by molar-refractivity contribution is 8.05. The monoisotopic (exact) mass is 381 g/mol. The summed E-state index contributed by atoms with van der Waals surface area (Å²) < 4.78 is 34.0. The van der Waals surface area contributed by atoms with Gasteiger partial charge < -0.3 is 25.9 Å². The number of aromatic amines is 1. The molecule has 0 saturated carbocycles. The highest BCUT2D eigenvalue weighted by Gasteiger charge is 2.31. The lowest BCUT2D eigenvalue weighted by Crippen LogP contribution is -2.27. The van der Waals surface area contributed by atoms with Gasteiger partial charge in [-0.05, 0) is 24.8 Å². The number of H-pyrrole nitrogens is 1. The summed E-state index contributed by atoms with van der Waals surface area (Å²) in [6, 6.07) is 3.22. The topological polar surface area (TPSA) is 155 Å². The first-order valence-electron chi connectivity index (χ1n) is 7.91. The van der Waals surface area contributed by atoms with Crippen LogP contribution in [0.4, 0.5) is 4.79 Å². The number of fused-ring (bicyclic) bond motifs is 3. The molecule has 0 spiro atoms. The fraction of sp³-hybridized carbons (Fsp3) is 0.375. The molecule has 1 aliphatic rings. The van der Waals surface area contributed by atoms with E-state index in [0.717, 1.165) is 18.5 Å². The first-order chi connectivity index (χ1) is 12.2. The van der Waals surface area contributed by atoms with E-state index < -0.39 is 32.8 Å². The molecule has 26 heavy (non-hydrogen) atoms. The maximum atomic E-state index is 11.9. The van der Waals surface area contributed by atoms with Crippen LogP contribution < -0.4 is 20.9 Å². The molecule has 1 aliphatic carbocycles. The number of ether oxygens (including phenoxy) is 2. The van der Waals surface area contributed by atoms with Gasteiger partial charge in [0, 0.05) is 23.2 Å². The van der Waals surface area contributed by atoms with Gasteiger partial charge in [0.05, 0.1) is 18.5 Å². The number of nitrogens with two attached hydrogens (primary N) is 2. The minimum atomic E-state index is -4.24. The number of amides is 2. The van der Waals surface area contributed by atoms with Gasteiger partial charge in [-0.25, -0.2) is 8.42 Å². The quantitative estimate of drug-likeness (QED) is 0.699. The van der Waals surface area contributed by atoms with Crippen molar-refractivity contribution >= 4 is 31.9 Å². The second-order valence-corrected chi connectivity index (χ2v) is 7.98. The van der Waals surface area contributed by atoms with E-state index in [2.05, 4.69) is 4.98 Å². The summed E-state index contributed by atoms with van der Waals surface area (Å²) >= 11 is 0. The smallest absolute Gasteiger partial charge is 0.337 e. The molecule has 10 heteroatoms. The van der Waals surface area contributed by atoms with Crippen molar-refractivity contribution < 1.29 is 27.5 Å². The Labute approximate surface area is 149 Å². The van der Waals surface area contributed by atoms with Crippen LogP contribution in [-0.2, 0) is 21.1 Å². The molecule has 1 aromatic heterocycles. The molecule has 0 bridgehead atoms. The first-order valence-corrected chi connectivity index (χ1v) is 9.56. The molecule has 0 aliphatic heterocycles. The summed E-state index contributed by atoms with van der Waals surface area (Å²) in [5.74, 6) is -1.27. The molecule has 2 aromatic rings. The van der Waals surface area contributed by atoms with Gasteiger partial charge in [0.25, 0.3) is 9.84 Å². The van der Waals surface area contributed by atoms with Crippen LogP contribution in [0.5, 0.6) is 11.5 Å². The van der Waals surface area contributed by atoms with Crippen LogP contribution in [0.25, 0.3) is 10.9 Å². The van der Waals surface area contributed by atoms with Crippen LogP contribution in [0.15, 0.2) is 12.1 Å². The standard InChI is InChI=1S/C16H19N3O6S/c1-24-8-5-11-14(12(6-8)25-7-26(22,23)16(18)21)13-9(15(17)20)3-2-4-10(13)19-11/h5-6,9,19H,2-4,7H2,1H3,(H2,17,20)(H2,18,21). The molecule has 9 nitrogen and oxygen atoms in total. The predicted octanol–water partition coefficient (Wildman–Crippen LogP) is 0.911. The maximum Gasteiger partial charge on any atom is 0.337 e. The summed E-state index contributed by atoms with van der Waals surface area (Å²) in [7, 11) is -2.79. The second kappa shape index (κ2) is 6.52. The van der Waals surface area contributed by atoms with Crippen LogP contribution >= 0.6 is 0 Å². The molecule has 0 fully saturated rings. The van der Waals surface area contributed by atoms with E-state index in [1.807, 2.05) is 0 Å². The number of hydrogen-bond acceptors (Lipinski definition) is 6. The number of carbonyl (C=O) groups is 2. The Hall–Kier alpha value is -2.75. The number of sulfone groups is 1. The van der Waals surface area contributed by atoms with E-state index in [1.165, 1.54) is 13.2 Å². The Balaban J connectivity index is 2.16. The third-order valence-corrected chi connectivity index (χ3v) is 5.52. The maximum absolute atomic E-state index is 11.9. The van der Waals surface area contributed by atoms with Gasteiger partial charge in [0.2, 0.25) is 5.91 Å². The van der Waals surface area contributed by atoms with Gasteiger partial charge in [0.1, 0.15) is 11.5 Å². The molecule has 0 radical (unpaired) electrons. The minimum absolute atomic E-state index is 0.176. The minimum Gasteiger partial charge on any atom is -0.497 e. The average Bonchev–Trinajstić information content (AvgIpc) is 2.97. The number of aromatic nitrogens is 1. The molecule has 1 aromatic carbocycles. The number of methoxy groups -OCH3 is 1. The van der Waals surface area contributed by atoms with Crippen LogP contribution in [-0.4, -0.2) is 37.6 Å². The van der Waals surface area contributed by atoms with Crippen molar-refractivity contribution in [3.8, 4) is 11.5 Å². The number of primary amides is 2. The van der Waals surface area contributed by atoms with E-state index in [1.54, 1.807) is 6.07 Å². The van der Waals surface area contributed by atoms with Crippen molar-refractivity contribution in [1.29, 1.82) is 0 Å². The van der Waals surface area contributed by atoms with Crippen molar-refractivity contribution in [2.24, 2.45) is 11.5 Å². The Morgan fingerprint density at radius 3 is 2.65 bits per heavy atom. The van der Waals surface area contributed by atoms with Gasteiger partial charge in [-0.15, -0.1) is 0 Å². The summed E-state index contributed by atoms with van der Waals surface area (Å²) in [4.78, 5) is 26.1. The normalized spacial score (nSPS) is 16.9. The Bertz CT molecular complexity index is 995.